The molecular weight excluding hydrogens is 390 g/mol. The van der Waals surface area contributed by atoms with Crippen LogP contribution < -0.4 is 20.9 Å². The van der Waals surface area contributed by atoms with Crippen LogP contribution in [0.3, 0.4) is 0 Å². The van der Waals surface area contributed by atoms with Crippen molar-refractivity contribution in [3.05, 3.63) is 39.8 Å². The molecule has 2 aliphatic rings. The van der Waals surface area contributed by atoms with E-state index in [-0.39, 0.29) is 23.6 Å². The zero-order chi connectivity index (χ0) is 20.2. The van der Waals surface area contributed by atoms with Gasteiger partial charge in [-0.1, -0.05) is 11.6 Å². The van der Waals surface area contributed by atoms with Crippen molar-refractivity contribution >= 4 is 28.3 Å². The summed E-state index contributed by atoms with van der Waals surface area (Å²) in [5, 5.41) is 8.37. The number of fused-ring (bicyclic) bond motifs is 1. The highest BCUT2D eigenvalue weighted by molar-refractivity contribution is 6.32. The number of amides is 1. The Kier molecular flexibility index (Phi) is 6.40. The van der Waals surface area contributed by atoms with Crippen LogP contribution >= 0.6 is 11.6 Å². The molecule has 29 heavy (non-hydrogen) atoms. The summed E-state index contributed by atoms with van der Waals surface area (Å²) in [6, 6.07) is 5.57. The van der Waals surface area contributed by atoms with E-state index in [1.54, 1.807) is 12.3 Å². The summed E-state index contributed by atoms with van der Waals surface area (Å²) in [5.41, 5.74) is -0.156. The van der Waals surface area contributed by atoms with E-state index < -0.39 is 0 Å². The van der Waals surface area contributed by atoms with Gasteiger partial charge in [-0.15, -0.1) is 0 Å². The van der Waals surface area contributed by atoms with Gasteiger partial charge in [-0.2, -0.15) is 0 Å². The number of benzene rings is 1. The molecule has 2 fully saturated rings. The molecule has 1 aliphatic carbocycles. The van der Waals surface area contributed by atoms with Gasteiger partial charge in [0.15, 0.2) is 0 Å². The van der Waals surface area contributed by atoms with Crippen molar-refractivity contribution < 1.29 is 9.53 Å². The number of carbonyl (C=O) groups is 1. The highest BCUT2D eigenvalue weighted by atomic mass is 35.5. The second kappa shape index (κ2) is 9.18. The van der Waals surface area contributed by atoms with Crippen molar-refractivity contribution in [3.8, 4) is 5.75 Å². The molecule has 3 N–H and O–H groups in total. The first-order valence-corrected chi connectivity index (χ1v) is 10.9. The van der Waals surface area contributed by atoms with E-state index >= 15 is 0 Å². The molecule has 1 saturated carbocycles. The second-order valence-electron chi connectivity index (χ2n) is 8.23. The molecule has 0 spiro atoms. The predicted octanol–water partition coefficient (Wildman–Crippen LogP) is 3.38. The number of pyridine rings is 1. The number of carbonyl (C=O) groups excluding carboxylic acids is 1. The monoisotopic (exact) mass is 417 g/mol. The van der Waals surface area contributed by atoms with Crippen LogP contribution in [-0.4, -0.2) is 36.1 Å². The maximum Gasteiger partial charge on any atom is 0.255 e. The van der Waals surface area contributed by atoms with Gasteiger partial charge >= 0.3 is 0 Å². The van der Waals surface area contributed by atoms with Gasteiger partial charge in [0.25, 0.3) is 5.56 Å². The highest BCUT2D eigenvalue weighted by Gasteiger charge is 2.25. The molecule has 0 atom stereocenters. The fourth-order valence-electron chi connectivity index (χ4n) is 4.42. The van der Waals surface area contributed by atoms with Crippen LogP contribution in [0.5, 0.6) is 5.75 Å². The SMILES string of the molecule is O=C(CC1CCNCC1)N[C@H]1CC[C@@H](Oc2cc3cc[nH]c(=O)c3cc2Cl)CC1. The third kappa shape index (κ3) is 5.11. The highest BCUT2D eigenvalue weighted by Crippen LogP contribution is 2.32. The molecule has 2 aromatic rings. The van der Waals surface area contributed by atoms with Crippen LogP contribution in [0.15, 0.2) is 29.2 Å². The summed E-state index contributed by atoms with van der Waals surface area (Å²) < 4.78 is 6.15. The molecular formula is C22H28ClN3O3. The molecule has 1 aliphatic heterocycles. The number of aromatic amines is 1. The smallest absolute Gasteiger partial charge is 0.255 e. The minimum atomic E-state index is -0.156. The molecule has 4 rings (SSSR count). The first-order valence-electron chi connectivity index (χ1n) is 10.6. The van der Waals surface area contributed by atoms with Gasteiger partial charge in [0.2, 0.25) is 5.91 Å². The molecule has 156 valence electrons. The number of rotatable bonds is 5. The topological polar surface area (TPSA) is 83.2 Å². The maximum atomic E-state index is 12.3. The van der Waals surface area contributed by atoms with Crippen LogP contribution in [0.4, 0.5) is 0 Å². The lowest BCUT2D eigenvalue weighted by Gasteiger charge is -2.30. The van der Waals surface area contributed by atoms with E-state index in [4.69, 9.17) is 16.3 Å². The summed E-state index contributed by atoms with van der Waals surface area (Å²) in [6.07, 6.45) is 8.10. The number of aromatic nitrogens is 1. The third-order valence-electron chi connectivity index (χ3n) is 6.09. The largest absolute Gasteiger partial charge is 0.489 e. The average Bonchev–Trinajstić information content (AvgIpc) is 2.71. The summed E-state index contributed by atoms with van der Waals surface area (Å²) >= 11 is 6.35. The first-order chi connectivity index (χ1) is 14.1. The zero-order valence-corrected chi connectivity index (χ0v) is 17.3. The minimum absolute atomic E-state index is 0.0736. The van der Waals surface area contributed by atoms with Crippen LogP contribution in [0, 0.1) is 5.92 Å². The van der Waals surface area contributed by atoms with Crippen LogP contribution in [0.2, 0.25) is 5.02 Å². The number of piperidine rings is 1. The van der Waals surface area contributed by atoms with Crippen molar-refractivity contribution in [2.75, 3.05) is 13.1 Å². The number of hydrogen-bond acceptors (Lipinski definition) is 4. The van der Waals surface area contributed by atoms with Gasteiger partial charge in [0.05, 0.1) is 11.1 Å². The maximum absolute atomic E-state index is 12.3. The van der Waals surface area contributed by atoms with Crippen molar-refractivity contribution in [3.63, 3.8) is 0 Å². The molecule has 0 bridgehead atoms. The van der Waals surface area contributed by atoms with Gasteiger partial charge in [0, 0.05) is 24.0 Å². The first kappa shape index (κ1) is 20.2. The third-order valence-corrected chi connectivity index (χ3v) is 6.39. The molecule has 7 heteroatoms. The van der Waals surface area contributed by atoms with Crippen molar-refractivity contribution in [1.29, 1.82) is 0 Å². The lowest BCUT2D eigenvalue weighted by molar-refractivity contribution is -0.123. The Balaban J connectivity index is 1.28. The van der Waals surface area contributed by atoms with Gasteiger partial charge in [-0.3, -0.25) is 9.59 Å². The van der Waals surface area contributed by atoms with E-state index in [2.05, 4.69) is 15.6 Å². The molecule has 1 aromatic heterocycles. The molecule has 6 nitrogen and oxygen atoms in total. The molecule has 2 heterocycles. The number of nitrogens with one attached hydrogen (secondary N) is 3. The quantitative estimate of drug-likeness (QED) is 0.696. The molecule has 1 aromatic carbocycles. The predicted molar refractivity (Wildman–Crippen MR) is 115 cm³/mol. The Labute approximate surface area is 175 Å². The second-order valence-corrected chi connectivity index (χ2v) is 8.64. The number of halogens is 1. The van der Waals surface area contributed by atoms with Crippen molar-refractivity contribution in [1.82, 2.24) is 15.6 Å². The fraction of sp³-hybridized carbons (Fsp3) is 0.545. The van der Waals surface area contributed by atoms with Crippen molar-refractivity contribution in [2.24, 2.45) is 5.92 Å². The van der Waals surface area contributed by atoms with Crippen LogP contribution in [-0.2, 0) is 4.79 Å². The average molecular weight is 418 g/mol. The number of hydrogen-bond donors (Lipinski definition) is 3. The Morgan fingerprint density at radius 3 is 2.66 bits per heavy atom. The standard InChI is InChI=1S/C22H28ClN3O3/c23-19-13-18-15(7-10-25-22(18)28)12-20(19)29-17-3-1-16(2-4-17)26-21(27)11-14-5-8-24-9-6-14/h7,10,12-14,16-17,24H,1-6,8-9,11H2,(H,25,28)(H,26,27)/t16-,17+. The Morgan fingerprint density at radius 2 is 1.90 bits per heavy atom. The molecule has 0 unspecified atom stereocenters. The van der Waals surface area contributed by atoms with Crippen LogP contribution in [0.1, 0.15) is 44.9 Å². The van der Waals surface area contributed by atoms with Gasteiger partial charge in [-0.25, -0.2) is 0 Å². The van der Waals surface area contributed by atoms with Crippen molar-refractivity contribution in [2.45, 2.75) is 57.1 Å². The Hall–Kier alpha value is -2.05. The van der Waals surface area contributed by atoms with E-state index in [1.807, 2.05) is 12.1 Å². The summed E-state index contributed by atoms with van der Waals surface area (Å²) in [5.74, 6) is 1.31. The lowest BCUT2D eigenvalue weighted by atomic mass is 9.91. The van der Waals surface area contributed by atoms with Gasteiger partial charge in [-0.05, 0) is 81.1 Å². The van der Waals surface area contributed by atoms with E-state index in [9.17, 15) is 9.59 Å². The van der Waals surface area contributed by atoms with Crippen LogP contribution in [0.25, 0.3) is 10.8 Å². The number of H-pyrrole nitrogens is 1. The van der Waals surface area contributed by atoms with E-state index in [0.717, 1.165) is 57.0 Å². The summed E-state index contributed by atoms with van der Waals surface area (Å²) in [7, 11) is 0. The molecule has 1 amide bonds. The van der Waals surface area contributed by atoms with Gasteiger partial charge in [0.1, 0.15) is 5.75 Å². The summed E-state index contributed by atoms with van der Waals surface area (Å²) in [4.78, 5) is 26.9. The molecule has 1 saturated heterocycles. The Morgan fingerprint density at radius 1 is 1.14 bits per heavy atom. The zero-order valence-electron chi connectivity index (χ0n) is 16.5. The normalized spacial score (nSPS) is 23.1. The fourth-order valence-corrected chi connectivity index (χ4v) is 4.63. The van der Waals surface area contributed by atoms with Gasteiger partial charge < -0.3 is 20.4 Å². The lowest BCUT2D eigenvalue weighted by Crippen LogP contribution is -2.41. The minimum Gasteiger partial charge on any atom is -0.489 e. The Bertz CT molecular complexity index is 915. The molecule has 0 radical (unpaired) electrons. The van der Waals surface area contributed by atoms with E-state index in [1.165, 1.54) is 0 Å². The summed E-state index contributed by atoms with van der Waals surface area (Å²) in [6.45, 7) is 2.04. The van der Waals surface area contributed by atoms with E-state index in [0.29, 0.717) is 28.5 Å². The number of ether oxygens (including phenoxy) is 1.